The number of fused-ring (bicyclic) bond motifs is 1. The number of aromatic hydroxyl groups is 1. The number of hydrogen-bond donors (Lipinski definition) is 8. The van der Waals surface area contributed by atoms with Crippen LogP contribution in [-0.2, 0) is 36.8 Å². The Hall–Kier alpha value is -4.56. The molecule has 14 heteroatoms. The maximum absolute atomic E-state index is 13.4. The molecule has 0 aliphatic rings. The first kappa shape index (κ1) is 32.9. The van der Waals surface area contributed by atoms with E-state index in [1.165, 1.54) is 23.9 Å². The fourth-order valence-electron chi connectivity index (χ4n) is 4.38. The third-order valence-corrected chi connectivity index (χ3v) is 7.35. The summed E-state index contributed by atoms with van der Waals surface area (Å²) >= 11 is 1.50. The van der Waals surface area contributed by atoms with E-state index in [0.29, 0.717) is 23.3 Å². The Bertz CT molecular complexity index is 1440. The Morgan fingerprint density at radius 3 is 2.14 bits per heavy atom. The van der Waals surface area contributed by atoms with E-state index in [-0.39, 0.29) is 18.6 Å². The van der Waals surface area contributed by atoms with Crippen molar-refractivity contribution in [3.63, 3.8) is 0 Å². The van der Waals surface area contributed by atoms with Crippen LogP contribution in [0, 0.1) is 0 Å². The molecule has 0 unspecified atom stereocenters. The molecule has 0 aliphatic heterocycles. The number of benzene rings is 2. The SMILES string of the molecule is CSCC[C@H](N)C(=O)N[C@@H](Cc1ccc(O)cc1)C(=O)N[C@@H](CC(=O)O)C(=O)N[C@@H](Cc1c[nH]c2ccccc12)C(=O)O. The Balaban J connectivity index is 1.78. The largest absolute Gasteiger partial charge is 0.508 e. The Kier molecular flexibility index (Phi) is 12.0. The Labute approximate surface area is 251 Å². The quantitative estimate of drug-likeness (QED) is 0.113. The van der Waals surface area contributed by atoms with Crippen molar-refractivity contribution in [2.75, 3.05) is 12.0 Å². The van der Waals surface area contributed by atoms with Crippen LogP contribution in [-0.4, -0.2) is 86.1 Å². The van der Waals surface area contributed by atoms with E-state index in [1.807, 2.05) is 18.4 Å². The average molecular weight is 614 g/mol. The number of para-hydroxylation sites is 1. The minimum Gasteiger partial charge on any atom is -0.508 e. The second-order valence-electron chi connectivity index (χ2n) is 9.94. The maximum atomic E-state index is 13.4. The van der Waals surface area contributed by atoms with Crippen LogP contribution in [0.25, 0.3) is 10.9 Å². The lowest BCUT2D eigenvalue weighted by Crippen LogP contribution is -2.58. The summed E-state index contributed by atoms with van der Waals surface area (Å²) in [4.78, 5) is 66.0. The highest BCUT2D eigenvalue weighted by atomic mass is 32.2. The third kappa shape index (κ3) is 9.75. The topological polar surface area (TPSA) is 224 Å². The lowest BCUT2D eigenvalue weighted by Gasteiger charge is -2.25. The summed E-state index contributed by atoms with van der Waals surface area (Å²) in [6.45, 7) is 0. The van der Waals surface area contributed by atoms with Gasteiger partial charge in [0.25, 0.3) is 0 Å². The van der Waals surface area contributed by atoms with Crippen molar-refractivity contribution in [2.24, 2.45) is 5.73 Å². The van der Waals surface area contributed by atoms with Gasteiger partial charge in [0.1, 0.15) is 23.9 Å². The van der Waals surface area contributed by atoms with Crippen molar-refractivity contribution in [3.05, 3.63) is 65.9 Å². The summed E-state index contributed by atoms with van der Waals surface area (Å²) in [5, 5.41) is 36.9. The smallest absolute Gasteiger partial charge is 0.326 e. The fourth-order valence-corrected chi connectivity index (χ4v) is 4.87. The van der Waals surface area contributed by atoms with Gasteiger partial charge in [0, 0.05) is 29.9 Å². The number of carboxylic acid groups (broad SMARTS) is 2. The van der Waals surface area contributed by atoms with Crippen molar-refractivity contribution in [2.45, 2.75) is 49.9 Å². The highest BCUT2D eigenvalue weighted by molar-refractivity contribution is 7.98. The molecule has 0 bridgehead atoms. The van der Waals surface area contributed by atoms with Crippen LogP contribution in [0.4, 0.5) is 0 Å². The summed E-state index contributed by atoms with van der Waals surface area (Å²) < 4.78 is 0. The number of carboxylic acids is 2. The summed E-state index contributed by atoms with van der Waals surface area (Å²) in [6, 6.07) is 7.83. The van der Waals surface area contributed by atoms with Gasteiger partial charge in [-0.15, -0.1) is 0 Å². The summed E-state index contributed by atoms with van der Waals surface area (Å²) in [7, 11) is 0. The van der Waals surface area contributed by atoms with Crippen LogP contribution in [0.15, 0.2) is 54.7 Å². The predicted molar refractivity (Wildman–Crippen MR) is 160 cm³/mol. The maximum Gasteiger partial charge on any atom is 0.326 e. The summed E-state index contributed by atoms with van der Waals surface area (Å²) in [5.41, 5.74) is 7.92. The van der Waals surface area contributed by atoms with Gasteiger partial charge in [-0.2, -0.15) is 11.8 Å². The van der Waals surface area contributed by atoms with E-state index in [1.54, 1.807) is 30.5 Å². The number of carbonyl (C=O) groups excluding carboxylic acids is 3. The van der Waals surface area contributed by atoms with E-state index in [2.05, 4.69) is 20.9 Å². The second-order valence-corrected chi connectivity index (χ2v) is 10.9. The molecule has 9 N–H and O–H groups in total. The molecule has 1 heterocycles. The number of phenolic OH excluding ortho intramolecular Hbond substituents is 1. The third-order valence-electron chi connectivity index (χ3n) is 6.70. The number of nitrogens with one attached hydrogen (secondary N) is 4. The van der Waals surface area contributed by atoms with E-state index in [9.17, 15) is 39.3 Å². The molecule has 230 valence electrons. The van der Waals surface area contributed by atoms with Crippen LogP contribution in [0.3, 0.4) is 0 Å². The highest BCUT2D eigenvalue weighted by Gasteiger charge is 2.32. The number of aromatic amines is 1. The molecule has 3 aromatic rings. The highest BCUT2D eigenvalue weighted by Crippen LogP contribution is 2.19. The number of phenols is 1. The number of thioether (sulfide) groups is 1. The lowest BCUT2D eigenvalue weighted by atomic mass is 10.0. The van der Waals surface area contributed by atoms with Crippen molar-refractivity contribution < 1.29 is 39.3 Å². The Morgan fingerprint density at radius 1 is 0.860 bits per heavy atom. The Morgan fingerprint density at radius 2 is 1.49 bits per heavy atom. The fraction of sp³-hybridized carbons (Fsp3) is 0.345. The van der Waals surface area contributed by atoms with Gasteiger partial charge >= 0.3 is 11.9 Å². The van der Waals surface area contributed by atoms with E-state index in [0.717, 1.165) is 10.9 Å². The number of aromatic nitrogens is 1. The van der Waals surface area contributed by atoms with Gasteiger partial charge in [-0.25, -0.2) is 4.79 Å². The lowest BCUT2D eigenvalue weighted by molar-refractivity contribution is -0.143. The molecule has 1 aromatic heterocycles. The van der Waals surface area contributed by atoms with Crippen molar-refractivity contribution in [3.8, 4) is 5.75 Å². The molecule has 0 fully saturated rings. The van der Waals surface area contributed by atoms with Gasteiger partial charge < -0.3 is 42.0 Å². The zero-order valence-electron chi connectivity index (χ0n) is 23.4. The number of aliphatic carboxylic acids is 2. The second kappa shape index (κ2) is 15.6. The minimum absolute atomic E-state index is 0.00769. The van der Waals surface area contributed by atoms with Crippen LogP contribution < -0.4 is 21.7 Å². The van der Waals surface area contributed by atoms with E-state index < -0.39 is 60.2 Å². The zero-order valence-corrected chi connectivity index (χ0v) is 24.2. The first-order chi connectivity index (χ1) is 20.5. The van der Waals surface area contributed by atoms with Gasteiger partial charge in [0.15, 0.2) is 0 Å². The molecule has 13 nitrogen and oxygen atoms in total. The molecule has 0 saturated heterocycles. The van der Waals surface area contributed by atoms with Crippen LogP contribution in [0.5, 0.6) is 5.75 Å². The van der Waals surface area contributed by atoms with Gasteiger partial charge in [-0.1, -0.05) is 30.3 Å². The van der Waals surface area contributed by atoms with Crippen molar-refractivity contribution in [1.29, 1.82) is 0 Å². The molecular weight excluding hydrogens is 578 g/mol. The number of amides is 3. The molecule has 0 saturated carbocycles. The summed E-state index contributed by atoms with van der Waals surface area (Å²) in [5.74, 6) is -4.67. The number of H-pyrrole nitrogens is 1. The molecule has 4 atom stereocenters. The van der Waals surface area contributed by atoms with Gasteiger partial charge in [0.2, 0.25) is 17.7 Å². The van der Waals surface area contributed by atoms with Crippen LogP contribution in [0.1, 0.15) is 24.0 Å². The zero-order chi connectivity index (χ0) is 31.5. The van der Waals surface area contributed by atoms with Gasteiger partial charge in [-0.3, -0.25) is 19.2 Å². The monoisotopic (exact) mass is 613 g/mol. The standard InChI is InChI=1S/C29H35N5O8S/c1-43-11-10-20(30)26(38)32-22(12-16-6-8-18(35)9-7-16)27(39)33-23(14-25(36)37)28(40)34-24(29(41)42)13-17-15-31-21-5-3-2-4-19(17)21/h2-9,15,20,22-24,31,35H,10-14,30H2,1H3,(H,32,38)(H,33,39)(H,34,40)(H,36,37)(H,41,42)/t20-,22-,23-,24-/m0/s1. The molecule has 3 amide bonds. The van der Waals surface area contributed by atoms with Crippen molar-refractivity contribution in [1.82, 2.24) is 20.9 Å². The molecule has 43 heavy (non-hydrogen) atoms. The van der Waals surface area contributed by atoms with Crippen LogP contribution in [0.2, 0.25) is 0 Å². The first-order valence-electron chi connectivity index (χ1n) is 13.4. The molecular formula is C29H35N5O8S. The first-order valence-corrected chi connectivity index (χ1v) is 14.8. The molecule has 0 aliphatic carbocycles. The number of nitrogens with two attached hydrogens (primary N) is 1. The molecule has 2 aromatic carbocycles. The van der Waals surface area contributed by atoms with E-state index >= 15 is 0 Å². The molecule has 3 rings (SSSR count). The van der Waals surface area contributed by atoms with Crippen LogP contribution >= 0.6 is 11.8 Å². The van der Waals surface area contributed by atoms with Gasteiger partial charge in [-0.05, 0) is 47.8 Å². The van der Waals surface area contributed by atoms with E-state index in [4.69, 9.17) is 5.73 Å². The average Bonchev–Trinajstić information content (AvgIpc) is 3.38. The number of carbonyl (C=O) groups is 5. The minimum atomic E-state index is -1.65. The molecule has 0 spiro atoms. The normalized spacial score (nSPS) is 13.8. The number of hydrogen-bond acceptors (Lipinski definition) is 8. The van der Waals surface area contributed by atoms with Crippen molar-refractivity contribution >= 4 is 52.3 Å². The summed E-state index contributed by atoms with van der Waals surface area (Å²) in [6.07, 6.45) is 2.82. The number of rotatable bonds is 16. The predicted octanol–water partition coefficient (Wildman–Crippen LogP) is 0.753. The van der Waals surface area contributed by atoms with Gasteiger partial charge in [0.05, 0.1) is 12.5 Å². The molecule has 0 radical (unpaired) electrons.